The molecular formula is C17H23N3O. The van der Waals surface area contributed by atoms with Crippen molar-refractivity contribution >= 4 is 0 Å². The summed E-state index contributed by atoms with van der Waals surface area (Å²) in [5.74, 6) is 1.69. The van der Waals surface area contributed by atoms with Crippen LogP contribution in [-0.2, 0) is 0 Å². The van der Waals surface area contributed by atoms with Gasteiger partial charge >= 0.3 is 0 Å². The molecule has 0 saturated carbocycles. The predicted molar refractivity (Wildman–Crippen MR) is 84.5 cm³/mol. The average molecular weight is 285 g/mol. The van der Waals surface area contributed by atoms with E-state index < -0.39 is 0 Å². The number of nitrogens with one attached hydrogen (secondary N) is 1. The van der Waals surface area contributed by atoms with Crippen molar-refractivity contribution in [3.05, 3.63) is 53.6 Å². The molecule has 2 aromatic rings. The lowest BCUT2D eigenvalue weighted by atomic mass is 10.1. The van der Waals surface area contributed by atoms with E-state index in [0.717, 1.165) is 35.7 Å². The Bertz CT molecular complexity index is 537. The average Bonchev–Trinajstić information content (AvgIpc) is 2.51. The summed E-state index contributed by atoms with van der Waals surface area (Å²) >= 11 is 0. The van der Waals surface area contributed by atoms with Crippen LogP contribution in [0.4, 0.5) is 0 Å². The van der Waals surface area contributed by atoms with Crippen molar-refractivity contribution in [1.82, 2.24) is 15.3 Å². The van der Waals surface area contributed by atoms with Crippen molar-refractivity contribution in [2.45, 2.75) is 33.2 Å². The van der Waals surface area contributed by atoms with Crippen molar-refractivity contribution in [2.75, 3.05) is 13.2 Å². The summed E-state index contributed by atoms with van der Waals surface area (Å²) in [4.78, 5) is 8.92. The second-order valence-electron chi connectivity index (χ2n) is 5.01. The van der Waals surface area contributed by atoms with Crippen molar-refractivity contribution in [3.8, 4) is 5.75 Å². The third-order valence-corrected chi connectivity index (χ3v) is 3.18. The van der Waals surface area contributed by atoms with Crippen molar-refractivity contribution in [3.63, 3.8) is 0 Å². The number of nitrogens with zero attached hydrogens (tertiary/aromatic N) is 2. The number of benzene rings is 1. The SMILES string of the molecule is CCCNC(c1ccc(OCC)cc1)c1ncc(C)cn1. The molecule has 1 atom stereocenters. The minimum atomic E-state index is 0.0150. The summed E-state index contributed by atoms with van der Waals surface area (Å²) in [6.07, 6.45) is 4.79. The van der Waals surface area contributed by atoms with Gasteiger partial charge in [-0.15, -0.1) is 0 Å². The van der Waals surface area contributed by atoms with Crippen LogP contribution in [0.25, 0.3) is 0 Å². The summed E-state index contributed by atoms with van der Waals surface area (Å²) in [5.41, 5.74) is 2.22. The highest BCUT2D eigenvalue weighted by Gasteiger charge is 2.16. The molecule has 1 aromatic carbocycles. The third-order valence-electron chi connectivity index (χ3n) is 3.18. The van der Waals surface area contributed by atoms with Crippen LogP contribution in [0.1, 0.15) is 43.3 Å². The first-order chi connectivity index (χ1) is 10.2. The molecule has 0 radical (unpaired) electrons. The molecule has 0 amide bonds. The highest BCUT2D eigenvalue weighted by atomic mass is 16.5. The van der Waals surface area contributed by atoms with Gasteiger partial charge < -0.3 is 10.1 Å². The Morgan fingerprint density at radius 3 is 2.33 bits per heavy atom. The minimum Gasteiger partial charge on any atom is -0.494 e. The van der Waals surface area contributed by atoms with Crippen LogP contribution in [0, 0.1) is 6.92 Å². The van der Waals surface area contributed by atoms with E-state index in [9.17, 15) is 0 Å². The second kappa shape index (κ2) is 7.74. The summed E-state index contributed by atoms with van der Waals surface area (Å²) < 4.78 is 5.49. The molecule has 0 spiro atoms. The standard InChI is InChI=1S/C17H23N3O/c1-4-10-18-16(17-19-11-13(3)12-20-17)14-6-8-15(9-7-14)21-5-2/h6-9,11-12,16,18H,4-5,10H2,1-3H3. The fourth-order valence-electron chi connectivity index (χ4n) is 2.12. The molecular weight excluding hydrogens is 262 g/mol. The van der Waals surface area contributed by atoms with Gasteiger partial charge in [-0.25, -0.2) is 9.97 Å². The predicted octanol–water partition coefficient (Wildman–Crippen LogP) is 3.27. The molecule has 112 valence electrons. The van der Waals surface area contributed by atoms with Crippen LogP contribution in [0.15, 0.2) is 36.7 Å². The molecule has 0 aliphatic rings. The van der Waals surface area contributed by atoms with Gasteiger partial charge in [0, 0.05) is 12.4 Å². The smallest absolute Gasteiger partial charge is 0.149 e. The zero-order valence-electron chi connectivity index (χ0n) is 13.0. The van der Waals surface area contributed by atoms with E-state index in [1.165, 1.54) is 0 Å². The molecule has 1 aromatic heterocycles. The van der Waals surface area contributed by atoms with Crippen LogP contribution in [-0.4, -0.2) is 23.1 Å². The maximum Gasteiger partial charge on any atom is 0.149 e. The van der Waals surface area contributed by atoms with Crippen molar-refractivity contribution in [1.29, 1.82) is 0 Å². The molecule has 0 aliphatic heterocycles. The maximum atomic E-state index is 5.49. The normalized spacial score (nSPS) is 12.1. The van der Waals surface area contributed by atoms with Gasteiger partial charge in [-0.1, -0.05) is 19.1 Å². The quantitative estimate of drug-likeness (QED) is 0.848. The molecule has 4 nitrogen and oxygen atoms in total. The Labute approximate surface area is 126 Å². The first kappa shape index (κ1) is 15.4. The highest BCUT2D eigenvalue weighted by molar-refractivity contribution is 5.32. The van der Waals surface area contributed by atoms with Crippen LogP contribution in [0.3, 0.4) is 0 Å². The van der Waals surface area contributed by atoms with Gasteiger partial charge in [-0.05, 0) is 50.1 Å². The largest absolute Gasteiger partial charge is 0.494 e. The number of hydrogen-bond donors (Lipinski definition) is 1. The van der Waals surface area contributed by atoms with E-state index in [4.69, 9.17) is 4.74 Å². The molecule has 1 heterocycles. The topological polar surface area (TPSA) is 47.0 Å². The lowest BCUT2D eigenvalue weighted by molar-refractivity contribution is 0.340. The third kappa shape index (κ3) is 4.26. The summed E-state index contributed by atoms with van der Waals surface area (Å²) in [5, 5.41) is 3.51. The number of ether oxygens (including phenoxy) is 1. The first-order valence-corrected chi connectivity index (χ1v) is 7.49. The summed E-state index contributed by atoms with van der Waals surface area (Å²) in [6.45, 7) is 7.74. The van der Waals surface area contributed by atoms with Gasteiger partial charge in [0.15, 0.2) is 0 Å². The summed E-state index contributed by atoms with van der Waals surface area (Å²) in [6, 6.07) is 8.14. The van der Waals surface area contributed by atoms with Gasteiger partial charge in [0.05, 0.1) is 12.6 Å². The Morgan fingerprint density at radius 1 is 1.10 bits per heavy atom. The molecule has 1 unspecified atom stereocenters. The lowest BCUT2D eigenvalue weighted by Crippen LogP contribution is -2.25. The Hall–Kier alpha value is -1.94. The second-order valence-corrected chi connectivity index (χ2v) is 5.01. The molecule has 4 heteroatoms. The minimum absolute atomic E-state index is 0.0150. The van der Waals surface area contributed by atoms with Gasteiger partial charge in [0.1, 0.15) is 11.6 Å². The Balaban J connectivity index is 2.24. The van der Waals surface area contributed by atoms with E-state index in [0.29, 0.717) is 6.61 Å². The fraction of sp³-hybridized carbons (Fsp3) is 0.412. The molecule has 21 heavy (non-hydrogen) atoms. The highest BCUT2D eigenvalue weighted by Crippen LogP contribution is 2.22. The van der Waals surface area contributed by atoms with Crippen LogP contribution in [0.2, 0.25) is 0 Å². The molecule has 0 bridgehead atoms. The van der Waals surface area contributed by atoms with Crippen LogP contribution in [0.5, 0.6) is 5.75 Å². The molecule has 2 rings (SSSR count). The van der Waals surface area contributed by atoms with E-state index in [2.05, 4.69) is 34.3 Å². The molecule has 1 N–H and O–H groups in total. The number of rotatable bonds is 7. The van der Waals surface area contributed by atoms with E-state index in [1.807, 2.05) is 38.4 Å². The zero-order valence-corrected chi connectivity index (χ0v) is 13.0. The Kier molecular flexibility index (Phi) is 5.69. The van der Waals surface area contributed by atoms with Crippen LogP contribution >= 0.6 is 0 Å². The monoisotopic (exact) mass is 285 g/mol. The van der Waals surface area contributed by atoms with Gasteiger partial charge in [-0.2, -0.15) is 0 Å². The van der Waals surface area contributed by atoms with E-state index >= 15 is 0 Å². The zero-order chi connectivity index (χ0) is 15.1. The Morgan fingerprint density at radius 2 is 1.76 bits per heavy atom. The lowest BCUT2D eigenvalue weighted by Gasteiger charge is -2.18. The van der Waals surface area contributed by atoms with E-state index in [-0.39, 0.29) is 6.04 Å². The van der Waals surface area contributed by atoms with Crippen molar-refractivity contribution in [2.24, 2.45) is 0 Å². The molecule has 0 saturated heterocycles. The van der Waals surface area contributed by atoms with Crippen LogP contribution < -0.4 is 10.1 Å². The van der Waals surface area contributed by atoms with Gasteiger partial charge in [0.2, 0.25) is 0 Å². The maximum absolute atomic E-state index is 5.49. The first-order valence-electron chi connectivity index (χ1n) is 7.49. The molecule has 0 aliphatic carbocycles. The fourth-order valence-corrected chi connectivity index (χ4v) is 2.12. The number of hydrogen-bond acceptors (Lipinski definition) is 4. The molecule has 0 fully saturated rings. The van der Waals surface area contributed by atoms with E-state index in [1.54, 1.807) is 0 Å². The number of aryl methyl sites for hydroxylation is 1. The van der Waals surface area contributed by atoms with Gasteiger partial charge in [0.25, 0.3) is 0 Å². The van der Waals surface area contributed by atoms with Crippen molar-refractivity contribution < 1.29 is 4.74 Å². The summed E-state index contributed by atoms with van der Waals surface area (Å²) in [7, 11) is 0. The van der Waals surface area contributed by atoms with Gasteiger partial charge in [-0.3, -0.25) is 0 Å². The number of aromatic nitrogens is 2.